The summed E-state index contributed by atoms with van der Waals surface area (Å²) >= 11 is 0. The Hall–Kier alpha value is -6.87. The van der Waals surface area contributed by atoms with E-state index in [1.807, 2.05) is 54.3 Å². The number of carbonyl (C=O) groups is 3. The number of rotatable bonds is 6. The minimum Gasteiger partial charge on any atom is -0.340 e. The van der Waals surface area contributed by atoms with E-state index < -0.39 is 6.04 Å². The lowest BCUT2D eigenvalue weighted by Crippen LogP contribution is -2.41. The molecule has 2 N–H and O–H groups in total. The number of imide groups is 1. The third-order valence-corrected chi connectivity index (χ3v) is 10.1. The average molecular weight is 717 g/mol. The Morgan fingerprint density at radius 2 is 1.76 bits per heavy atom. The highest BCUT2D eigenvalue weighted by Crippen LogP contribution is 2.35. The fourth-order valence-electron chi connectivity index (χ4n) is 7.23. The molecule has 1 aliphatic rings. The highest BCUT2D eigenvalue weighted by atomic mass is 16.2. The second-order valence-electron chi connectivity index (χ2n) is 13.8. The van der Waals surface area contributed by atoms with Crippen LogP contribution in [0, 0.1) is 11.8 Å². The minimum absolute atomic E-state index is 0.0526. The van der Waals surface area contributed by atoms with E-state index >= 15 is 0 Å². The van der Waals surface area contributed by atoms with Crippen LogP contribution in [0.4, 0.5) is 0 Å². The third-order valence-electron chi connectivity index (χ3n) is 10.1. The minimum atomic E-state index is -0.481. The monoisotopic (exact) mass is 716 g/mol. The first-order valence-electron chi connectivity index (χ1n) is 17.7. The fraction of sp³-hybridized carbons (Fsp3) is 0.214. The molecule has 1 aliphatic heterocycles. The first-order chi connectivity index (χ1) is 26.1. The van der Waals surface area contributed by atoms with E-state index in [2.05, 4.69) is 64.5 Å². The van der Waals surface area contributed by atoms with Gasteiger partial charge in [0.2, 0.25) is 11.8 Å². The maximum Gasteiger partial charge on any atom is 0.328 e. The van der Waals surface area contributed by atoms with Gasteiger partial charge in [0.15, 0.2) is 0 Å². The summed E-state index contributed by atoms with van der Waals surface area (Å²) in [5.74, 6) is 5.18. The molecule has 1 fully saturated rings. The molecule has 6 heterocycles. The van der Waals surface area contributed by atoms with Crippen molar-refractivity contribution in [1.29, 1.82) is 0 Å². The quantitative estimate of drug-likeness (QED) is 0.174. The Morgan fingerprint density at radius 3 is 2.54 bits per heavy atom. The van der Waals surface area contributed by atoms with Crippen molar-refractivity contribution in [1.82, 2.24) is 39.3 Å². The van der Waals surface area contributed by atoms with Gasteiger partial charge in [-0.3, -0.25) is 38.8 Å². The summed E-state index contributed by atoms with van der Waals surface area (Å²) in [6.07, 6.45) is 7.71. The molecule has 0 spiro atoms. The summed E-state index contributed by atoms with van der Waals surface area (Å²) in [5, 5.41) is 8.02. The molecule has 268 valence electrons. The first-order valence-corrected chi connectivity index (χ1v) is 17.7. The van der Waals surface area contributed by atoms with Crippen LogP contribution in [-0.2, 0) is 23.7 Å². The molecule has 0 aliphatic carbocycles. The van der Waals surface area contributed by atoms with Gasteiger partial charge in [0.05, 0.1) is 28.8 Å². The predicted molar refractivity (Wildman–Crippen MR) is 207 cm³/mol. The van der Waals surface area contributed by atoms with Gasteiger partial charge in [0, 0.05) is 61.6 Å². The summed E-state index contributed by atoms with van der Waals surface area (Å²) in [6.45, 7) is 4.35. The number of aromatic nitrogens is 6. The van der Waals surface area contributed by atoms with Gasteiger partial charge in [-0.25, -0.2) is 9.78 Å². The molecule has 1 atom stereocenters. The SMILES string of the molecule is CC(C)c1cc(-c2cccc3cc(-c4ccc(C(=O)NCC#Cc5cc6c(ccn6C6CCC(=O)NC6=O)cn5)nc4)ncc23)cc2c1n(C)c(=O)n2C. The molecule has 12 heteroatoms. The van der Waals surface area contributed by atoms with Crippen molar-refractivity contribution >= 4 is 50.4 Å². The van der Waals surface area contributed by atoms with Crippen molar-refractivity contribution in [3.05, 3.63) is 113 Å². The van der Waals surface area contributed by atoms with Crippen molar-refractivity contribution < 1.29 is 14.4 Å². The Bertz CT molecular complexity index is 2800. The molecule has 3 amide bonds. The molecule has 0 radical (unpaired) electrons. The van der Waals surface area contributed by atoms with Crippen molar-refractivity contribution in [2.45, 2.75) is 38.6 Å². The van der Waals surface area contributed by atoms with Crippen LogP contribution in [0.5, 0.6) is 0 Å². The molecular weight excluding hydrogens is 681 g/mol. The average Bonchev–Trinajstić information content (AvgIpc) is 3.69. The molecule has 12 nitrogen and oxygen atoms in total. The van der Waals surface area contributed by atoms with Crippen LogP contribution in [0.3, 0.4) is 0 Å². The Morgan fingerprint density at radius 1 is 0.907 bits per heavy atom. The van der Waals surface area contributed by atoms with Crippen LogP contribution in [0.15, 0.2) is 90.2 Å². The lowest BCUT2D eigenvalue weighted by Gasteiger charge is -2.23. The number of hydrogen-bond acceptors (Lipinski definition) is 7. The normalized spacial score (nSPS) is 14.4. The van der Waals surface area contributed by atoms with Crippen LogP contribution in [0.2, 0.25) is 0 Å². The topological polar surface area (TPSA) is 146 Å². The van der Waals surface area contributed by atoms with E-state index in [-0.39, 0.29) is 48.0 Å². The first kappa shape index (κ1) is 34.2. The van der Waals surface area contributed by atoms with E-state index in [1.165, 1.54) is 0 Å². The van der Waals surface area contributed by atoms with Crippen molar-refractivity contribution in [2.75, 3.05) is 6.54 Å². The van der Waals surface area contributed by atoms with E-state index in [4.69, 9.17) is 4.98 Å². The Labute approximate surface area is 309 Å². The number of nitrogens with zero attached hydrogens (tertiary/aromatic N) is 6. The summed E-state index contributed by atoms with van der Waals surface area (Å²) in [7, 11) is 3.62. The fourth-order valence-corrected chi connectivity index (χ4v) is 7.23. The number of piperidine rings is 1. The molecule has 2 aromatic carbocycles. The summed E-state index contributed by atoms with van der Waals surface area (Å²) in [6, 6.07) is 19.1. The van der Waals surface area contributed by atoms with E-state index in [9.17, 15) is 19.2 Å². The number of benzene rings is 2. The van der Waals surface area contributed by atoms with Crippen molar-refractivity contribution in [3.8, 4) is 34.2 Å². The smallest absolute Gasteiger partial charge is 0.328 e. The second-order valence-corrected chi connectivity index (χ2v) is 13.8. The third kappa shape index (κ3) is 6.09. The lowest BCUT2D eigenvalue weighted by molar-refractivity contribution is -0.135. The van der Waals surface area contributed by atoms with Gasteiger partial charge in [-0.05, 0) is 82.8 Å². The van der Waals surface area contributed by atoms with E-state index in [0.717, 1.165) is 60.7 Å². The number of hydrogen-bond donors (Lipinski definition) is 2. The Balaban J connectivity index is 0.968. The predicted octanol–water partition coefficient (Wildman–Crippen LogP) is 5.39. The van der Waals surface area contributed by atoms with Crippen molar-refractivity contribution in [3.63, 3.8) is 0 Å². The molecular formula is C42H36N8O4. The zero-order chi connectivity index (χ0) is 37.7. The second kappa shape index (κ2) is 13.6. The lowest BCUT2D eigenvalue weighted by atomic mass is 9.93. The number of pyridine rings is 3. The van der Waals surface area contributed by atoms with Crippen molar-refractivity contribution in [2.24, 2.45) is 14.1 Å². The summed E-state index contributed by atoms with van der Waals surface area (Å²) in [5.41, 5.74) is 7.97. The molecule has 1 unspecified atom stereocenters. The molecule has 0 bridgehead atoms. The van der Waals surface area contributed by atoms with E-state index in [1.54, 1.807) is 40.7 Å². The number of carbonyl (C=O) groups excluding carboxylic acids is 3. The molecule has 5 aromatic heterocycles. The van der Waals surface area contributed by atoms with Crippen LogP contribution in [-0.4, -0.2) is 52.9 Å². The van der Waals surface area contributed by atoms with Gasteiger partial charge in [-0.15, -0.1) is 0 Å². The Kier molecular flexibility index (Phi) is 8.62. The number of aryl methyl sites for hydroxylation is 2. The zero-order valence-corrected chi connectivity index (χ0v) is 30.2. The van der Waals surface area contributed by atoms with Gasteiger partial charge in [-0.1, -0.05) is 38.0 Å². The molecule has 54 heavy (non-hydrogen) atoms. The van der Waals surface area contributed by atoms with Crippen LogP contribution in [0.25, 0.3) is 55.1 Å². The highest BCUT2D eigenvalue weighted by Gasteiger charge is 2.28. The van der Waals surface area contributed by atoms with Crippen LogP contribution >= 0.6 is 0 Å². The van der Waals surface area contributed by atoms with Gasteiger partial charge >= 0.3 is 5.69 Å². The van der Waals surface area contributed by atoms with Crippen LogP contribution < -0.4 is 16.3 Å². The number of imidazole rings is 1. The number of nitrogens with one attached hydrogen (secondary N) is 2. The summed E-state index contributed by atoms with van der Waals surface area (Å²) < 4.78 is 5.25. The summed E-state index contributed by atoms with van der Waals surface area (Å²) in [4.78, 5) is 63.3. The maximum atomic E-state index is 12.9. The molecule has 0 saturated carbocycles. The molecule has 7 aromatic rings. The highest BCUT2D eigenvalue weighted by molar-refractivity contribution is 6.01. The standard InChI is InChI=1S/C42H36N8O4/c1-24(2)31-17-28(19-37-39(31)49(4)42(54)48(37)3)30-9-5-7-25-18-34(46-23-32(25)30)26-10-11-33(45-21-26)40(52)43-15-6-8-29-20-36-27(22-44-29)14-16-50(36)35-12-13-38(51)47-41(35)53/h5,7,9-11,14,16-24,35H,12-13,15H2,1-4H3,(H,43,52)(H,47,51,53). The largest absolute Gasteiger partial charge is 0.340 e. The van der Waals surface area contributed by atoms with Gasteiger partial charge in [0.1, 0.15) is 17.4 Å². The van der Waals surface area contributed by atoms with Gasteiger partial charge in [-0.2, -0.15) is 0 Å². The van der Waals surface area contributed by atoms with Gasteiger partial charge in [0.25, 0.3) is 5.91 Å². The van der Waals surface area contributed by atoms with Gasteiger partial charge < -0.3 is 9.88 Å². The van der Waals surface area contributed by atoms with Crippen LogP contribution in [0.1, 0.15) is 60.4 Å². The number of amides is 3. The maximum absolute atomic E-state index is 12.9. The molecule has 8 rings (SSSR count). The molecule has 1 saturated heterocycles. The zero-order valence-electron chi connectivity index (χ0n) is 30.2. The number of fused-ring (bicyclic) bond motifs is 3. The van der Waals surface area contributed by atoms with E-state index in [0.29, 0.717) is 12.1 Å².